The minimum Gasteiger partial charge on any atom is -0.469 e. The molecule has 1 rings (SSSR count). The van der Waals surface area contributed by atoms with E-state index in [9.17, 15) is 4.79 Å². The summed E-state index contributed by atoms with van der Waals surface area (Å²) >= 11 is 0. The van der Waals surface area contributed by atoms with Gasteiger partial charge in [0.25, 0.3) is 0 Å². The molecule has 4 nitrogen and oxygen atoms in total. The first-order valence-corrected chi connectivity index (χ1v) is 5.34. The predicted octanol–water partition coefficient (Wildman–Crippen LogP) is 1.74. The molecule has 4 heteroatoms. The zero-order valence-corrected chi connectivity index (χ0v) is 9.53. The molecule has 0 aliphatic carbocycles. The van der Waals surface area contributed by atoms with Gasteiger partial charge in [0.2, 0.25) is 0 Å². The highest BCUT2D eigenvalue weighted by atomic mass is 16.5. The Morgan fingerprint density at radius 1 is 1.31 bits per heavy atom. The maximum absolute atomic E-state index is 10.9. The lowest BCUT2D eigenvalue weighted by molar-refractivity contribution is -0.140. The minimum atomic E-state index is -0.166. The van der Waals surface area contributed by atoms with Gasteiger partial charge in [-0.2, -0.15) is 0 Å². The maximum Gasteiger partial charge on any atom is 0.305 e. The van der Waals surface area contributed by atoms with E-state index in [1.807, 2.05) is 12.1 Å². The molecule has 1 aromatic carbocycles. The van der Waals surface area contributed by atoms with Crippen LogP contribution in [-0.4, -0.2) is 13.1 Å². The van der Waals surface area contributed by atoms with Crippen molar-refractivity contribution >= 4 is 17.3 Å². The molecule has 16 heavy (non-hydrogen) atoms. The Labute approximate surface area is 95.6 Å². The number of carbonyl (C=O) groups is 1. The topological polar surface area (TPSA) is 78.3 Å². The molecule has 4 N–H and O–H groups in total. The van der Waals surface area contributed by atoms with Crippen LogP contribution in [0.1, 0.15) is 24.8 Å². The van der Waals surface area contributed by atoms with Crippen LogP contribution in [0.25, 0.3) is 0 Å². The van der Waals surface area contributed by atoms with Crippen molar-refractivity contribution in [2.75, 3.05) is 18.6 Å². The Morgan fingerprint density at radius 2 is 2.06 bits per heavy atom. The first-order chi connectivity index (χ1) is 7.65. The zero-order valence-electron chi connectivity index (χ0n) is 9.53. The number of nitrogen functional groups attached to an aromatic ring is 2. The number of unbranched alkanes of at least 4 members (excludes halogenated alkanes) is 1. The third-order valence-corrected chi connectivity index (χ3v) is 2.53. The van der Waals surface area contributed by atoms with Gasteiger partial charge in [0.15, 0.2) is 0 Å². The molecule has 0 aliphatic heterocycles. The Morgan fingerprint density at radius 3 is 2.75 bits per heavy atom. The second-order valence-electron chi connectivity index (χ2n) is 3.70. The van der Waals surface area contributed by atoms with Gasteiger partial charge in [-0.3, -0.25) is 4.79 Å². The number of methoxy groups -OCH3 is 1. The number of rotatable bonds is 5. The molecule has 1 aromatic rings. The van der Waals surface area contributed by atoms with Gasteiger partial charge in [-0.05, 0) is 30.9 Å². The average Bonchev–Trinajstić information content (AvgIpc) is 2.29. The molecule has 0 saturated carbocycles. The molecule has 88 valence electrons. The number of aryl methyl sites for hydroxylation is 1. The van der Waals surface area contributed by atoms with Crippen molar-refractivity contribution in [2.24, 2.45) is 0 Å². The standard InChI is InChI=1S/C12H18N2O2/c1-16-11(15)8-3-2-5-9-6-4-7-10(13)12(9)14/h4,6-7H,2-3,5,8,13-14H2,1H3. The third kappa shape index (κ3) is 3.46. The molecule has 0 unspecified atom stereocenters. The molecular formula is C12H18N2O2. The second-order valence-corrected chi connectivity index (χ2v) is 3.70. The molecule has 0 spiro atoms. The number of esters is 1. The van der Waals surface area contributed by atoms with Crippen LogP contribution in [0.3, 0.4) is 0 Å². The van der Waals surface area contributed by atoms with Crippen molar-refractivity contribution in [1.82, 2.24) is 0 Å². The van der Waals surface area contributed by atoms with Crippen LogP contribution in [0.2, 0.25) is 0 Å². The van der Waals surface area contributed by atoms with Crippen LogP contribution < -0.4 is 11.5 Å². The van der Waals surface area contributed by atoms with Gasteiger partial charge in [-0.1, -0.05) is 12.1 Å². The Bertz CT molecular complexity index is 364. The summed E-state index contributed by atoms with van der Waals surface area (Å²) < 4.78 is 4.56. The Balaban J connectivity index is 2.38. The Kier molecular flexibility index (Phi) is 4.64. The van der Waals surface area contributed by atoms with Crippen LogP contribution >= 0.6 is 0 Å². The number of ether oxygens (including phenoxy) is 1. The number of carbonyl (C=O) groups excluding carboxylic acids is 1. The average molecular weight is 222 g/mol. The molecule has 0 saturated heterocycles. The molecule has 0 fully saturated rings. The summed E-state index contributed by atoms with van der Waals surface area (Å²) in [7, 11) is 1.40. The fourth-order valence-corrected chi connectivity index (χ4v) is 1.54. The van der Waals surface area contributed by atoms with Gasteiger partial charge in [-0.25, -0.2) is 0 Å². The maximum atomic E-state index is 10.9. The van der Waals surface area contributed by atoms with Gasteiger partial charge in [-0.15, -0.1) is 0 Å². The third-order valence-electron chi connectivity index (χ3n) is 2.53. The quantitative estimate of drug-likeness (QED) is 0.452. The number of anilines is 2. The predicted molar refractivity (Wildman–Crippen MR) is 64.8 cm³/mol. The van der Waals surface area contributed by atoms with Gasteiger partial charge >= 0.3 is 5.97 Å². The van der Waals surface area contributed by atoms with Gasteiger partial charge in [0.05, 0.1) is 18.5 Å². The molecule has 0 radical (unpaired) electrons. The summed E-state index contributed by atoms with van der Waals surface area (Å²) in [5.41, 5.74) is 13.8. The molecule has 0 heterocycles. The van der Waals surface area contributed by atoms with E-state index in [1.165, 1.54) is 7.11 Å². The summed E-state index contributed by atoms with van der Waals surface area (Å²) in [5, 5.41) is 0. The molecule has 0 bridgehead atoms. The SMILES string of the molecule is COC(=O)CCCCc1cccc(N)c1N. The van der Waals surface area contributed by atoms with Crippen molar-refractivity contribution in [3.05, 3.63) is 23.8 Å². The lowest BCUT2D eigenvalue weighted by atomic mass is 10.0. The summed E-state index contributed by atoms with van der Waals surface area (Å²) in [5.74, 6) is -0.166. The van der Waals surface area contributed by atoms with Gasteiger partial charge in [0.1, 0.15) is 0 Å². The van der Waals surface area contributed by atoms with Gasteiger partial charge in [0, 0.05) is 6.42 Å². The van der Waals surface area contributed by atoms with E-state index < -0.39 is 0 Å². The van der Waals surface area contributed by atoms with Crippen molar-refractivity contribution in [2.45, 2.75) is 25.7 Å². The fraction of sp³-hybridized carbons (Fsp3) is 0.417. The highest BCUT2D eigenvalue weighted by Crippen LogP contribution is 2.21. The first kappa shape index (κ1) is 12.4. The first-order valence-electron chi connectivity index (χ1n) is 5.34. The van der Waals surface area contributed by atoms with Crippen LogP contribution in [0.5, 0.6) is 0 Å². The number of hydrogen-bond acceptors (Lipinski definition) is 4. The largest absolute Gasteiger partial charge is 0.469 e. The number of nitrogens with two attached hydrogens (primary N) is 2. The lowest BCUT2D eigenvalue weighted by Crippen LogP contribution is -2.02. The lowest BCUT2D eigenvalue weighted by Gasteiger charge is -2.07. The number of para-hydroxylation sites is 1. The fourth-order valence-electron chi connectivity index (χ4n) is 1.54. The molecular weight excluding hydrogens is 204 g/mol. The Hall–Kier alpha value is -1.71. The van der Waals surface area contributed by atoms with E-state index in [0.717, 1.165) is 24.8 Å². The van der Waals surface area contributed by atoms with E-state index in [4.69, 9.17) is 11.5 Å². The summed E-state index contributed by atoms with van der Waals surface area (Å²) in [6, 6.07) is 5.64. The highest BCUT2D eigenvalue weighted by Gasteiger charge is 2.03. The van der Waals surface area contributed by atoms with Crippen molar-refractivity contribution in [3.8, 4) is 0 Å². The number of benzene rings is 1. The van der Waals surface area contributed by atoms with E-state index in [-0.39, 0.29) is 5.97 Å². The van der Waals surface area contributed by atoms with Crippen LogP contribution in [-0.2, 0) is 16.0 Å². The normalized spacial score (nSPS) is 10.1. The van der Waals surface area contributed by atoms with Crippen molar-refractivity contribution < 1.29 is 9.53 Å². The highest BCUT2D eigenvalue weighted by molar-refractivity contribution is 5.69. The number of hydrogen-bond donors (Lipinski definition) is 2. The second kappa shape index (κ2) is 6.00. The summed E-state index contributed by atoms with van der Waals surface area (Å²) in [6.45, 7) is 0. The van der Waals surface area contributed by atoms with E-state index in [2.05, 4.69) is 4.74 Å². The van der Waals surface area contributed by atoms with Crippen LogP contribution in [0.15, 0.2) is 18.2 Å². The molecule has 0 aromatic heterocycles. The van der Waals surface area contributed by atoms with Crippen molar-refractivity contribution in [3.63, 3.8) is 0 Å². The molecule has 0 amide bonds. The van der Waals surface area contributed by atoms with Crippen molar-refractivity contribution in [1.29, 1.82) is 0 Å². The smallest absolute Gasteiger partial charge is 0.305 e. The minimum absolute atomic E-state index is 0.166. The molecule has 0 atom stereocenters. The van der Waals surface area contributed by atoms with Gasteiger partial charge < -0.3 is 16.2 Å². The monoisotopic (exact) mass is 222 g/mol. The summed E-state index contributed by atoms with van der Waals surface area (Å²) in [4.78, 5) is 10.9. The zero-order chi connectivity index (χ0) is 12.0. The van der Waals surface area contributed by atoms with Crippen LogP contribution in [0.4, 0.5) is 11.4 Å². The summed E-state index contributed by atoms with van der Waals surface area (Å²) in [6.07, 6.45) is 3.01. The van der Waals surface area contributed by atoms with E-state index in [1.54, 1.807) is 6.07 Å². The van der Waals surface area contributed by atoms with E-state index in [0.29, 0.717) is 17.8 Å². The van der Waals surface area contributed by atoms with Crippen LogP contribution in [0, 0.1) is 0 Å². The van der Waals surface area contributed by atoms with E-state index >= 15 is 0 Å². The molecule has 0 aliphatic rings.